The van der Waals surface area contributed by atoms with Crippen molar-refractivity contribution < 1.29 is 0 Å². The number of aromatic nitrogens is 1. The maximum atomic E-state index is 4.88. The highest BCUT2D eigenvalue weighted by atomic mass is 32.1. The Morgan fingerprint density at radius 1 is 1.14 bits per heavy atom. The summed E-state index contributed by atoms with van der Waals surface area (Å²) < 4.78 is 0. The van der Waals surface area contributed by atoms with Crippen molar-refractivity contribution in [3.8, 4) is 10.6 Å². The first-order valence-corrected chi connectivity index (χ1v) is 8.51. The van der Waals surface area contributed by atoms with Crippen molar-refractivity contribution in [3.05, 3.63) is 40.4 Å². The minimum absolute atomic E-state index is 0.136. The molecular weight excluding hydrogens is 276 g/mol. The van der Waals surface area contributed by atoms with Crippen LogP contribution in [0.15, 0.2) is 24.3 Å². The number of hydrogen-bond acceptors (Lipinski definition) is 3. The third kappa shape index (κ3) is 4.65. The van der Waals surface area contributed by atoms with Crippen LogP contribution in [0.4, 0.5) is 0 Å². The minimum Gasteiger partial charge on any atom is -0.307 e. The van der Waals surface area contributed by atoms with Crippen molar-refractivity contribution in [1.29, 1.82) is 0 Å². The number of hydrogen-bond donors (Lipinski definition) is 1. The first-order chi connectivity index (χ1) is 9.89. The van der Waals surface area contributed by atoms with Gasteiger partial charge in [-0.25, -0.2) is 4.98 Å². The average molecular weight is 302 g/mol. The fraction of sp³-hybridized carbons (Fsp3) is 0.500. The van der Waals surface area contributed by atoms with Crippen LogP contribution < -0.4 is 5.32 Å². The first-order valence-electron chi connectivity index (χ1n) is 7.69. The SMILES string of the molecule is CCCc1nc(-c2ccc(C)cc2)sc1CNC(C)(C)C. The van der Waals surface area contributed by atoms with Crippen molar-refractivity contribution in [2.75, 3.05) is 0 Å². The molecule has 1 aromatic heterocycles. The number of rotatable bonds is 5. The Balaban J connectivity index is 2.25. The van der Waals surface area contributed by atoms with E-state index in [1.54, 1.807) is 0 Å². The second kappa shape index (κ2) is 6.71. The van der Waals surface area contributed by atoms with Crippen molar-refractivity contribution in [3.63, 3.8) is 0 Å². The Morgan fingerprint density at radius 2 is 1.81 bits per heavy atom. The molecule has 0 amide bonds. The van der Waals surface area contributed by atoms with Crippen LogP contribution in [0.1, 0.15) is 50.3 Å². The van der Waals surface area contributed by atoms with Crippen LogP contribution >= 0.6 is 11.3 Å². The van der Waals surface area contributed by atoms with E-state index in [2.05, 4.69) is 64.2 Å². The largest absolute Gasteiger partial charge is 0.307 e. The zero-order chi connectivity index (χ0) is 15.5. The molecule has 2 aromatic rings. The van der Waals surface area contributed by atoms with Crippen molar-refractivity contribution >= 4 is 11.3 Å². The summed E-state index contributed by atoms with van der Waals surface area (Å²) in [7, 11) is 0. The highest BCUT2D eigenvalue weighted by Crippen LogP contribution is 2.29. The Hall–Kier alpha value is -1.19. The van der Waals surface area contributed by atoms with Gasteiger partial charge in [-0.1, -0.05) is 43.2 Å². The molecular formula is C18H26N2S. The van der Waals surface area contributed by atoms with Crippen LogP contribution in [-0.4, -0.2) is 10.5 Å². The summed E-state index contributed by atoms with van der Waals surface area (Å²) in [5.41, 5.74) is 3.91. The van der Waals surface area contributed by atoms with E-state index < -0.39 is 0 Å². The van der Waals surface area contributed by atoms with Crippen LogP contribution in [-0.2, 0) is 13.0 Å². The molecule has 0 aliphatic carbocycles. The van der Waals surface area contributed by atoms with Crippen LogP contribution in [0.25, 0.3) is 10.6 Å². The van der Waals surface area contributed by atoms with E-state index in [1.165, 1.54) is 21.7 Å². The molecule has 1 aromatic carbocycles. The summed E-state index contributed by atoms with van der Waals surface area (Å²) in [6, 6.07) is 8.66. The quantitative estimate of drug-likeness (QED) is 0.844. The maximum absolute atomic E-state index is 4.88. The van der Waals surface area contributed by atoms with Gasteiger partial charge in [-0.15, -0.1) is 11.3 Å². The van der Waals surface area contributed by atoms with E-state index >= 15 is 0 Å². The number of nitrogens with zero attached hydrogens (tertiary/aromatic N) is 1. The molecule has 0 saturated carbocycles. The normalized spacial score (nSPS) is 11.9. The average Bonchev–Trinajstić information content (AvgIpc) is 2.80. The lowest BCUT2D eigenvalue weighted by Crippen LogP contribution is -2.35. The predicted octanol–water partition coefficient (Wildman–Crippen LogP) is 4.96. The molecule has 0 radical (unpaired) electrons. The monoisotopic (exact) mass is 302 g/mol. The van der Waals surface area contributed by atoms with Crippen LogP contribution in [0.3, 0.4) is 0 Å². The molecule has 1 N–H and O–H groups in total. The molecule has 2 rings (SSSR count). The molecule has 0 aliphatic rings. The standard InChI is InChI=1S/C18H26N2S/c1-6-7-15-16(12-19-18(3,4)5)21-17(20-15)14-10-8-13(2)9-11-14/h8-11,19H,6-7,12H2,1-5H3. The summed E-state index contributed by atoms with van der Waals surface area (Å²) in [5.74, 6) is 0. The number of nitrogens with one attached hydrogen (secondary N) is 1. The van der Waals surface area contributed by atoms with Gasteiger partial charge in [-0.3, -0.25) is 0 Å². The van der Waals surface area contributed by atoms with Crippen molar-refractivity contribution in [1.82, 2.24) is 10.3 Å². The molecule has 0 bridgehead atoms. The second-order valence-corrected chi connectivity index (χ2v) is 7.69. The van der Waals surface area contributed by atoms with Gasteiger partial charge in [-0.05, 0) is 34.1 Å². The van der Waals surface area contributed by atoms with Gasteiger partial charge >= 0.3 is 0 Å². The second-order valence-electron chi connectivity index (χ2n) is 6.61. The summed E-state index contributed by atoms with van der Waals surface area (Å²) in [5, 5.41) is 4.72. The third-order valence-electron chi connectivity index (χ3n) is 3.34. The fourth-order valence-corrected chi connectivity index (χ4v) is 3.17. The highest BCUT2D eigenvalue weighted by Gasteiger charge is 2.15. The first kappa shape index (κ1) is 16.2. The molecule has 0 atom stereocenters. The van der Waals surface area contributed by atoms with Crippen molar-refractivity contribution in [2.24, 2.45) is 0 Å². The summed E-state index contributed by atoms with van der Waals surface area (Å²) in [6.45, 7) is 11.8. The predicted molar refractivity (Wildman–Crippen MR) is 92.9 cm³/mol. The molecule has 114 valence electrons. The van der Waals surface area contributed by atoms with E-state index in [4.69, 9.17) is 4.98 Å². The molecule has 1 heterocycles. The lowest BCUT2D eigenvalue weighted by molar-refractivity contribution is 0.425. The molecule has 0 aliphatic heterocycles. The van der Waals surface area contributed by atoms with E-state index in [-0.39, 0.29) is 5.54 Å². The van der Waals surface area contributed by atoms with Gasteiger partial charge in [0, 0.05) is 22.5 Å². The Morgan fingerprint density at radius 3 is 2.38 bits per heavy atom. The zero-order valence-electron chi connectivity index (χ0n) is 13.8. The smallest absolute Gasteiger partial charge is 0.123 e. The van der Waals surface area contributed by atoms with Gasteiger partial charge in [0.2, 0.25) is 0 Å². The lowest BCUT2D eigenvalue weighted by atomic mass is 10.1. The molecule has 3 heteroatoms. The summed E-state index contributed by atoms with van der Waals surface area (Å²) >= 11 is 1.83. The van der Waals surface area contributed by atoms with Crippen LogP contribution in [0.2, 0.25) is 0 Å². The molecule has 0 spiro atoms. The Bertz CT molecular complexity index is 576. The van der Waals surface area contributed by atoms with E-state index in [0.29, 0.717) is 0 Å². The summed E-state index contributed by atoms with van der Waals surface area (Å²) in [4.78, 5) is 6.26. The highest BCUT2D eigenvalue weighted by molar-refractivity contribution is 7.15. The Labute approximate surface area is 132 Å². The number of aryl methyl sites for hydroxylation is 2. The molecule has 21 heavy (non-hydrogen) atoms. The number of thiazole rings is 1. The fourth-order valence-electron chi connectivity index (χ4n) is 2.12. The molecule has 0 unspecified atom stereocenters. The topological polar surface area (TPSA) is 24.9 Å². The zero-order valence-corrected chi connectivity index (χ0v) is 14.6. The third-order valence-corrected chi connectivity index (χ3v) is 4.49. The minimum atomic E-state index is 0.136. The molecule has 0 fully saturated rings. The summed E-state index contributed by atoms with van der Waals surface area (Å²) in [6.07, 6.45) is 2.20. The van der Waals surface area contributed by atoms with Crippen LogP contribution in [0.5, 0.6) is 0 Å². The number of benzene rings is 1. The van der Waals surface area contributed by atoms with E-state index in [9.17, 15) is 0 Å². The van der Waals surface area contributed by atoms with Gasteiger partial charge < -0.3 is 5.32 Å². The van der Waals surface area contributed by atoms with Gasteiger partial charge in [0.1, 0.15) is 5.01 Å². The van der Waals surface area contributed by atoms with Gasteiger partial charge in [0.25, 0.3) is 0 Å². The molecule has 2 nitrogen and oxygen atoms in total. The lowest BCUT2D eigenvalue weighted by Gasteiger charge is -2.20. The van der Waals surface area contributed by atoms with Gasteiger partial charge in [0.05, 0.1) is 5.69 Å². The van der Waals surface area contributed by atoms with Crippen molar-refractivity contribution in [2.45, 2.75) is 59.5 Å². The maximum Gasteiger partial charge on any atom is 0.123 e. The Kier molecular flexibility index (Phi) is 5.17. The van der Waals surface area contributed by atoms with Gasteiger partial charge in [0.15, 0.2) is 0 Å². The van der Waals surface area contributed by atoms with E-state index in [0.717, 1.165) is 24.4 Å². The van der Waals surface area contributed by atoms with Crippen LogP contribution in [0, 0.1) is 6.92 Å². The van der Waals surface area contributed by atoms with E-state index in [1.807, 2.05) is 11.3 Å². The van der Waals surface area contributed by atoms with Gasteiger partial charge in [-0.2, -0.15) is 0 Å². The molecule has 0 saturated heterocycles.